The lowest BCUT2D eigenvalue weighted by molar-refractivity contribution is 0.216. The zero-order valence-corrected chi connectivity index (χ0v) is 14.3. The van der Waals surface area contributed by atoms with Gasteiger partial charge in [0.1, 0.15) is 24.7 Å². The molecule has 2 N–H and O–H groups in total. The minimum Gasteiger partial charge on any atom is -0.490 e. The summed E-state index contributed by atoms with van der Waals surface area (Å²) in [5, 5.41) is 0. The van der Waals surface area contributed by atoms with Crippen molar-refractivity contribution in [1.82, 2.24) is 0 Å². The van der Waals surface area contributed by atoms with Crippen molar-refractivity contribution in [2.75, 3.05) is 19.8 Å². The quantitative estimate of drug-likeness (QED) is 0.747. The summed E-state index contributed by atoms with van der Waals surface area (Å²) in [6, 6.07) is 14.3. The molecule has 0 aliphatic heterocycles. The molecule has 3 heteroatoms. The van der Waals surface area contributed by atoms with Crippen LogP contribution in [0.5, 0.6) is 11.5 Å². The molecule has 0 amide bonds. The molecule has 0 aromatic heterocycles. The van der Waals surface area contributed by atoms with Crippen LogP contribution in [0.2, 0.25) is 0 Å². The second-order valence-electron chi connectivity index (χ2n) is 6.02. The van der Waals surface area contributed by atoms with E-state index in [1.807, 2.05) is 24.3 Å². The Balaban J connectivity index is 1.85. The molecule has 0 atom stereocenters. The maximum atomic E-state index is 5.82. The average molecular weight is 313 g/mol. The van der Waals surface area contributed by atoms with Crippen LogP contribution in [0, 0.1) is 6.92 Å². The summed E-state index contributed by atoms with van der Waals surface area (Å²) in [4.78, 5) is 0. The van der Waals surface area contributed by atoms with Crippen molar-refractivity contribution < 1.29 is 9.47 Å². The zero-order valence-electron chi connectivity index (χ0n) is 14.3. The van der Waals surface area contributed by atoms with Crippen LogP contribution in [0.1, 0.15) is 36.5 Å². The minimum absolute atomic E-state index is 0.520. The highest BCUT2D eigenvalue weighted by atomic mass is 16.5. The van der Waals surface area contributed by atoms with Gasteiger partial charge < -0.3 is 15.2 Å². The third kappa shape index (κ3) is 5.00. The second-order valence-corrected chi connectivity index (χ2v) is 6.02. The number of ether oxygens (including phenoxy) is 2. The molecule has 124 valence electrons. The first kappa shape index (κ1) is 17.4. The molecule has 0 aliphatic rings. The highest BCUT2D eigenvalue weighted by Gasteiger charge is 2.05. The number of hydrogen-bond donors (Lipinski definition) is 1. The summed E-state index contributed by atoms with van der Waals surface area (Å²) in [5.74, 6) is 2.32. The molecule has 23 heavy (non-hydrogen) atoms. The number of aryl methyl sites for hydroxylation is 1. The smallest absolute Gasteiger partial charge is 0.122 e. The van der Waals surface area contributed by atoms with E-state index in [9.17, 15) is 0 Å². The van der Waals surface area contributed by atoms with Gasteiger partial charge in [0.15, 0.2) is 0 Å². The van der Waals surface area contributed by atoms with Gasteiger partial charge in [0, 0.05) is 0 Å². The van der Waals surface area contributed by atoms with Gasteiger partial charge in [-0.25, -0.2) is 0 Å². The monoisotopic (exact) mass is 313 g/mol. The van der Waals surface area contributed by atoms with Gasteiger partial charge in [-0.15, -0.1) is 0 Å². The fourth-order valence-electron chi connectivity index (χ4n) is 2.70. The Labute approximate surface area is 139 Å². The summed E-state index contributed by atoms with van der Waals surface area (Å²) < 4.78 is 11.6. The normalized spacial score (nSPS) is 10.8. The van der Waals surface area contributed by atoms with E-state index in [0.717, 1.165) is 23.5 Å². The third-order valence-electron chi connectivity index (χ3n) is 3.86. The number of hydrogen-bond acceptors (Lipinski definition) is 3. The van der Waals surface area contributed by atoms with Gasteiger partial charge in [0.25, 0.3) is 0 Å². The highest BCUT2D eigenvalue weighted by Crippen LogP contribution is 2.23. The zero-order chi connectivity index (χ0) is 16.7. The molecule has 0 unspecified atom stereocenters. The SMILES string of the molecule is Cc1cc(OCCOc2ccccc2CCN)ccc1C(C)C. The maximum absolute atomic E-state index is 5.82. The van der Waals surface area contributed by atoms with E-state index in [-0.39, 0.29) is 0 Å². The molecular weight excluding hydrogens is 286 g/mol. The van der Waals surface area contributed by atoms with Gasteiger partial charge in [-0.2, -0.15) is 0 Å². The van der Waals surface area contributed by atoms with Crippen molar-refractivity contribution in [2.24, 2.45) is 5.73 Å². The number of rotatable bonds is 8. The minimum atomic E-state index is 0.520. The fourth-order valence-corrected chi connectivity index (χ4v) is 2.70. The van der Waals surface area contributed by atoms with Crippen molar-refractivity contribution in [3.63, 3.8) is 0 Å². The van der Waals surface area contributed by atoms with Crippen LogP contribution < -0.4 is 15.2 Å². The molecule has 0 spiro atoms. The van der Waals surface area contributed by atoms with E-state index in [1.54, 1.807) is 0 Å². The van der Waals surface area contributed by atoms with Crippen molar-refractivity contribution in [1.29, 1.82) is 0 Å². The van der Waals surface area contributed by atoms with Crippen LogP contribution in [0.4, 0.5) is 0 Å². The van der Waals surface area contributed by atoms with E-state index in [4.69, 9.17) is 15.2 Å². The highest BCUT2D eigenvalue weighted by molar-refractivity contribution is 5.36. The van der Waals surface area contributed by atoms with Gasteiger partial charge in [-0.1, -0.05) is 38.1 Å². The molecule has 2 rings (SSSR count). The predicted molar refractivity (Wildman–Crippen MR) is 95.5 cm³/mol. The molecule has 0 bridgehead atoms. The van der Waals surface area contributed by atoms with Crippen molar-refractivity contribution in [3.8, 4) is 11.5 Å². The molecule has 2 aromatic rings. The van der Waals surface area contributed by atoms with Crippen molar-refractivity contribution in [2.45, 2.75) is 33.1 Å². The number of nitrogens with two attached hydrogens (primary N) is 1. The summed E-state index contributed by atoms with van der Waals surface area (Å²) in [6.45, 7) is 8.20. The molecule has 0 heterocycles. The Morgan fingerprint density at radius 1 is 1.00 bits per heavy atom. The summed E-state index contributed by atoms with van der Waals surface area (Å²) in [6.07, 6.45) is 0.826. The Morgan fingerprint density at radius 2 is 1.74 bits per heavy atom. The number of para-hydroxylation sites is 1. The number of benzene rings is 2. The molecule has 3 nitrogen and oxygen atoms in total. The van der Waals surface area contributed by atoms with Gasteiger partial charge in [-0.3, -0.25) is 0 Å². The Hall–Kier alpha value is -2.00. The van der Waals surface area contributed by atoms with Crippen LogP contribution in [0.3, 0.4) is 0 Å². The summed E-state index contributed by atoms with van der Waals surface area (Å²) in [7, 11) is 0. The Kier molecular flexibility index (Phi) is 6.48. The van der Waals surface area contributed by atoms with E-state index in [0.29, 0.717) is 25.7 Å². The molecule has 0 radical (unpaired) electrons. The second kappa shape index (κ2) is 8.59. The molecule has 0 aliphatic carbocycles. The summed E-state index contributed by atoms with van der Waals surface area (Å²) >= 11 is 0. The first-order valence-electron chi connectivity index (χ1n) is 8.26. The standard InChI is InChI=1S/C20H27NO2/c1-15(2)19-9-8-18(14-16(19)3)22-12-13-23-20-7-5-4-6-17(20)10-11-21/h4-9,14-15H,10-13,21H2,1-3H3. The Morgan fingerprint density at radius 3 is 2.43 bits per heavy atom. The third-order valence-corrected chi connectivity index (χ3v) is 3.86. The first-order valence-corrected chi connectivity index (χ1v) is 8.26. The Bertz CT molecular complexity index is 623. The van der Waals surface area contributed by atoms with E-state index >= 15 is 0 Å². The average Bonchev–Trinajstić information content (AvgIpc) is 2.53. The predicted octanol–water partition coefficient (Wildman–Crippen LogP) is 4.08. The van der Waals surface area contributed by atoms with E-state index in [1.165, 1.54) is 11.1 Å². The van der Waals surface area contributed by atoms with Crippen LogP contribution in [0.25, 0.3) is 0 Å². The van der Waals surface area contributed by atoms with E-state index in [2.05, 4.69) is 39.0 Å². The maximum Gasteiger partial charge on any atom is 0.122 e. The summed E-state index contributed by atoms with van der Waals surface area (Å²) in [5.41, 5.74) is 9.41. The van der Waals surface area contributed by atoms with Crippen LogP contribution in [-0.4, -0.2) is 19.8 Å². The molecule has 2 aromatic carbocycles. The molecule has 0 saturated carbocycles. The fraction of sp³-hybridized carbons (Fsp3) is 0.400. The van der Waals surface area contributed by atoms with Crippen LogP contribution in [0.15, 0.2) is 42.5 Å². The lowest BCUT2D eigenvalue weighted by atomic mass is 9.98. The van der Waals surface area contributed by atoms with Gasteiger partial charge in [0.05, 0.1) is 0 Å². The largest absolute Gasteiger partial charge is 0.490 e. The van der Waals surface area contributed by atoms with Crippen molar-refractivity contribution in [3.05, 3.63) is 59.2 Å². The topological polar surface area (TPSA) is 44.5 Å². The van der Waals surface area contributed by atoms with Gasteiger partial charge in [-0.05, 0) is 60.7 Å². The lowest BCUT2D eigenvalue weighted by Gasteiger charge is -2.14. The van der Waals surface area contributed by atoms with E-state index < -0.39 is 0 Å². The first-order chi connectivity index (χ1) is 11.1. The van der Waals surface area contributed by atoms with Gasteiger partial charge in [0.2, 0.25) is 0 Å². The van der Waals surface area contributed by atoms with Crippen molar-refractivity contribution >= 4 is 0 Å². The molecule has 0 saturated heterocycles. The van der Waals surface area contributed by atoms with Crippen LogP contribution >= 0.6 is 0 Å². The molecular formula is C20H27NO2. The van der Waals surface area contributed by atoms with Gasteiger partial charge >= 0.3 is 0 Å². The molecule has 0 fully saturated rings. The lowest BCUT2D eigenvalue weighted by Crippen LogP contribution is -2.11. The van der Waals surface area contributed by atoms with Crippen LogP contribution in [-0.2, 0) is 6.42 Å².